The number of ether oxygens (including phenoxy) is 1. The molecule has 0 aliphatic rings. The van der Waals surface area contributed by atoms with Gasteiger partial charge in [0.05, 0.1) is 24.2 Å². The van der Waals surface area contributed by atoms with Crippen LogP contribution in [0.3, 0.4) is 0 Å². The number of sulfonamides is 1. The maximum absolute atomic E-state index is 12.6. The first-order valence-corrected chi connectivity index (χ1v) is 10.7. The lowest BCUT2D eigenvalue weighted by Crippen LogP contribution is -2.30. The molecule has 27 heavy (non-hydrogen) atoms. The third kappa shape index (κ3) is 5.02. The Balaban J connectivity index is 1.70. The Labute approximate surface area is 161 Å². The van der Waals surface area contributed by atoms with Crippen LogP contribution in [0.5, 0.6) is 0 Å². The fourth-order valence-electron chi connectivity index (χ4n) is 2.50. The molecule has 0 aliphatic heterocycles. The summed E-state index contributed by atoms with van der Waals surface area (Å²) >= 11 is 1.50. The van der Waals surface area contributed by atoms with Crippen LogP contribution in [0.15, 0.2) is 56.7 Å². The topological polar surface area (TPSA) is 102 Å². The smallest absolute Gasteiger partial charge is 0.240 e. The number of aryl methyl sites for hydroxylation is 1. The lowest BCUT2D eigenvalue weighted by Gasteiger charge is -2.17. The third-order valence-electron chi connectivity index (χ3n) is 3.86. The quantitative estimate of drug-likeness (QED) is 0.564. The number of hydrogen-bond donors (Lipinski definition) is 2. The predicted octanol–water partition coefficient (Wildman–Crippen LogP) is 2.74. The van der Waals surface area contributed by atoms with E-state index in [0.717, 1.165) is 11.1 Å². The molecule has 2 heterocycles. The number of benzene rings is 1. The maximum Gasteiger partial charge on any atom is 0.240 e. The summed E-state index contributed by atoms with van der Waals surface area (Å²) in [6.45, 7) is 1.82. The highest BCUT2D eigenvalue weighted by Gasteiger charge is 2.19. The Bertz CT molecular complexity index is 950. The summed E-state index contributed by atoms with van der Waals surface area (Å²) in [6.07, 6.45) is 1.07. The number of aromatic nitrogens is 1. The number of oxazole rings is 1. The number of aliphatic hydroxyl groups is 1. The zero-order chi connectivity index (χ0) is 19.3. The molecule has 0 bridgehead atoms. The van der Waals surface area contributed by atoms with Crippen molar-refractivity contribution in [1.82, 2.24) is 9.71 Å². The molecule has 7 nitrogen and oxygen atoms in total. The molecule has 0 spiro atoms. The normalized spacial score (nSPS) is 13.0. The van der Waals surface area contributed by atoms with Crippen molar-refractivity contribution in [2.75, 3.05) is 19.8 Å². The van der Waals surface area contributed by atoms with Crippen molar-refractivity contribution < 1.29 is 22.7 Å². The summed E-state index contributed by atoms with van der Waals surface area (Å²) in [5, 5.41) is 12.8. The van der Waals surface area contributed by atoms with E-state index in [2.05, 4.69) is 9.71 Å². The summed E-state index contributed by atoms with van der Waals surface area (Å²) in [6, 6.07) is 8.29. The average Bonchev–Trinajstić information content (AvgIpc) is 3.34. The Morgan fingerprint density at radius 3 is 2.67 bits per heavy atom. The van der Waals surface area contributed by atoms with Crippen molar-refractivity contribution in [2.45, 2.75) is 17.9 Å². The largest absolute Gasteiger partial charge is 0.449 e. The van der Waals surface area contributed by atoms with Gasteiger partial charge in [-0.05, 0) is 34.5 Å². The van der Waals surface area contributed by atoms with Gasteiger partial charge in [-0.15, -0.1) is 0 Å². The van der Waals surface area contributed by atoms with Gasteiger partial charge in [0.25, 0.3) is 0 Å². The lowest BCUT2D eigenvalue weighted by molar-refractivity contribution is 0.0311. The van der Waals surface area contributed by atoms with Crippen molar-refractivity contribution in [3.63, 3.8) is 0 Å². The maximum atomic E-state index is 12.6. The third-order valence-corrected chi connectivity index (χ3v) is 6.00. The van der Waals surface area contributed by atoms with Crippen LogP contribution in [-0.4, -0.2) is 38.3 Å². The molecule has 1 aromatic carbocycles. The summed E-state index contributed by atoms with van der Waals surface area (Å²) in [7, 11) is -3.70. The fourth-order valence-corrected chi connectivity index (χ4v) is 4.23. The van der Waals surface area contributed by atoms with Crippen LogP contribution >= 0.6 is 11.3 Å². The Morgan fingerprint density at radius 2 is 2.07 bits per heavy atom. The molecular weight excluding hydrogens is 388 g/mol. The van der Waals surface area contributed by atoms with Crippen molar-refractivity contribution >= 4 is 21.4 Å². The number of hydrogen-bond acceptors (Lipinski definition) is 7. The van der Waals surface area contributed by atoms with E-state index in [1.807, 2.05) is 16.8 Å². The van der Waals surface area contributed by atoms with Gasteiger partial charge in [-0.2, -0.15) is 11.3 Å². The molecule has 3 rings (SSSR count). The molecule has 0 saturated carbocycles. The standard InChI is InChI=1S/C18H20N2O5S2/c1-13-20-17(11-25-13)14-2-4-16(5-3-14)27(22,23)19-10-18(24-8-7-21)15-6-9-26-12-15/h2-6,9,11-12,18-19,21H,7-8,10H2,1H3. The number of rotatable bonds is 9. The highest BCUT2D eigenvalue weighted by atomic mass is 32.2. The van der Waals surface area contributed by atoms with E-state index in [0.29, 0.717) is 11.6 Å². The van der Waals surface area contributed by atoms with Crippen LogP contribution in [0, 0.1) is 6.92 Å². The minimum atomic E-state index is -3.70. The van der Waals surface area contributed by atoms with E-state index in [9.17, 15) is 8.42 Å². The zero-order valence-corrected chi connectivity index (χ0v) is 16.3. The van der Waals surface area contributed by atoms with Gasteiger partial charge in [-0.1, -0.05) is 12.1 Å². The minimum Gasteiger partial charge on any atom is -0.449 e. The molecule has 0 amide bonds. The van der Waals surface area contributed by atoms with Gasteiger partial charge in [0.1, 0.15) is 12.0 Å². The van der Waals surface area contributed by atoms with E-state index in [1.54, 1.807) is 19.1 Å². The summed E-state index contributed by atoms with van der Waals surface area (Å²) in [5.74, 6) is 0.547. The van der Waals surface area contributed by atoms with Crippen LogP contribution < -0.4 is 4.72 Å². The van der Waals surface area contributed by atoms with Gasteiger partial charge >= 0.3 is 0 Å². The summed E-state index contributed by atoms with van der Waals surface area (Å²) in [5.41, 5.74) is 2.29. The lowest BCUT2D eigenvalue weighted by atomic mass is 10.2. The molecule has 1 unspecified atom stereocenters. The van der Waals surface area contributed by atoms with Gasteiger partial charge in [-0.25, -0.2) is 18.1 Å². The average molecular weight is 409 g/mol. The molecular formula is C18H20N2O5S2. The Morgan fingerprint density at radius 1 is 1.30 bits per heavy atom. The number of aliphatic hydroxyl groups excluding tert-OH is 1. The van der Waals surface area contributed by atoms with Crippen LogP contribution in [0.4, 0.5) is 0 Å². The Kier molecular flexibility index (Phi) is 6.40. The van der Waals surface area contributed by atoms with Gasteiger partial charge in [0.2, 0.25) is 10.0 Å². The molecule has 1 atom stereocenters. The second kappa shape index (κ2) is 8.77. The molecule has 0 saturated heterocycles. The van der Waals surface area contributed by atoms with E-state index in [4.69, 9.17) is 14.3 Å². The van der Waals surface area contributed by atoms with E-state index in [-0.39, 0.29) is 24.7 Å². The van der Waals surface area contributed by atoms with Crippen molar-refractivity contribution in [2.24, 2.45) is 0 Å². The number of thiophene rings is 1. The van der Waals surface area contributed by atoms with Crippen molar-refractivity contribution in [3.8, 4) is 11.3 Å². The van der Waals surface area contributed by atoms with Gasteiger partial charge in [-0.3, -0.25) is 0 Å². The van der Waals surface area contributed by atoms with Crippen LogP contribution in [-0.2, 0) is 14.8 Å². The first-order chi connectivity index (χ1) is 13.0. The van der Waals surface area contributed by atoms with E-state index < -0.39 is 16.1 Å². The molecule has 9 heteroatoms. The first kappa shape index (κ1) is 19.7. The number of nitrogens with zero attached hydrogens (tertiary/aromatic N) is 1. The van der Waals surface area contributed by atoms with E-state index in [1.165, 1.54) is 29.7 Å². The monoisotopic (exact) mass is 408 g/mol. The molecule has 144 valence electrons. The van der Waals surface area contributed by atoms with Crippen molar-refractivity contribution in [1.29, 1.82) is 0 Å². The summed E-state index contributed by atoms with van der Waals surface area (Å²) < 4.78 is 38.5. The van der Waals surface area contributed by atoms with E-state index >= 15 is 0 Å². The van der Waals surface area contributed by atoms with Crippen LogP contribution in [0.25, 0.3) is 11.3 Å². The van der Waals surface area contributed by atoms with Gasteiger partial charge in [0, 0.05) is 19.0 Å². The SMILES string of the molecule is Cc1nc(-c2ccc(S(=O)(=O)NCC(OCCO)c3ccsc3)cc2)co1. The van der Waals surface area contributed by atoms with Crippen LogP contribution in [0.1, 0.15) is 17.6 Å². The fraction of sp³-hybridized carbons (Fsp3) is 0.278. The predicted molar refractivity (Wildman–Crippen MR) is 102 cm³/mol. The second-order valence-corrected chi connectivity index (χ2v) is 8.31. The molecule has 2 aromatic heterocycles. The highest BCUT2D eigenvalue weighted by Crippen LogP contribution is 2.22. The zero-order valence-electron chi connectivity index (χ0n) is 14.7. The molecule has 3 aromatic rings. The second-order valence-electron chi connectivity index (χ2n) is 5.77. The van der Waals surface area contributed by atoms with Gasteiger partial charge in [0.15, 0.2) is 5.89 Å². The van der Waals surface area contributed by atoms with Crippen molar-refractivity contribution in [3.05, 3.63) is 58.8 Å². The number of nitrogens with one attached hydrogen (secondary N) is 1. The summed E-state index contributed by atoms with van der Waals surface area (Å²) in [4.78, 5) is 4.37. The molecule has 0 aliphatic carbocycles. The van der Waals surface area contributed by atoms with Gasteiger partial charge < -0.3 is 14.3 Å². The minimum absolute atomic E-state index is 0.0727. The molecule has 2 N–H and O–H groups in total. The molecule has 0 fully saturated rings. The highest BCUT2D eigenvalue weighted by molar-refractivity contribution is 7.89. The van der Waals surface area contributed by atoms with Crippen LogP contribution in [0.2, 0.25) is 0 Å². The molecule has 0 radical (unpaired) electrons. The Hall–Kier alpha value is -2.04. The first-order valence-electron chi connectivity index (χ1n) is 8.26.